The standard InChI is InChI=1S/C21H24ClN7O2S/c1-14-3-2-4-15(22)17(14)27-20(30)16-13-26-21(32-16)28-19-18(23-5-6-24-19)25-7-8-29-9-11-31-12-10-29/h2-6,13H,7-12H2,1H3,(H,23,25)(H,27,30)(H,24,26,28). The van der Waals surface area contributed by atoms with Crippen molar-refractivity contribution in [1.82, 2.24) is 19.9 Å². The van der Waals surface area contributed by atoms with E-state index in [0.717, 1.165) is 45.0 Å². The van der Waals surface area contributed by atoms with Crippen LogP contribution in [0.4, 0.5) is 22.5 Å². The summed E-state index contributed by atoms with van der Waals surface area (Å²) < 4.78 is 5.38. The highest BCUT2D eigenvalue weighted by atomic mass is 35.5. The number of benzene rings is 1. The second-order valence-corrected chi connectivity index (χ2v) is 8.61. The molecule has 32 heavy (non-hydrogen) atoms. The van der Waals surface area contributed by atoms with Crippen molar-refractivity contribution in [3.63, 3.8) is 0 Å². The van der Waals surface area contributed by atoms with E-state index in [-0.39, 0.29) is 5.91 Å². The van der Waals surface area contributed by atoms with Crippen LogP contribution in [0, 0.1) is 6.92 Å². The van der Waals surface area contributed by atoms with Crippen LogP contribution < -0.4 is 16.0 Å². The van der Waals surface area contributed by atoms with Crippen molar-refractivity contribution in [1.29, 1.82) is 0 Å². The second-order valence-electron chi connectivity index (χ2n) is 7.17. The highest BCUT2D eigenvalue weighted by molar-refractivity contribution is 7.17. The average Bonchev–Trinajstić information content (AvgIpc) is 3.27. The predicted molar refractivity (Wildman–Crippen MR) is 127 cm³/mol. The molecule has 2 aromatic heterocycles. The van der Waals surface area contributed by atoms with E-state index in [2.05, 4.69) is 35.8 Å². The number of halogens is 1. The minimum absolute atomic E-state index is 0.269. The largest absolute Gasteiger partial charge is 0.379 e. The quantitative estimate of drug-likeness (QED) is 0.455. The molecule has 0 aliphatic carbocycles. The SMILES string of the molecule is Cc1cccc(Cl)c1NC(=O)c1cnc(Nc2nccnc2NCCN2CCOCC2)s1. The van der Waals surface area contributed by atoms with Crippen LogP contribution in [-0.2, 0) is 4.74 Å². The summed E-state index contributed by atoms with van der Waals surface area (Å²) in [5.41, 5.74) is 1.49. The van der Waals surface area contributed by atoms with Gasteiger partial charge in [0.1, 0.15) is 4.88 Å². The van der Waals surface area contributed by atoms with Crippen molar-refractivity contribution < 1.29 is 9.53 Å². The van der Waals surface area contributed by atoms with Crippen molar-refractivity contribution in [2.45, 2.75) is 6.92 Å². The zero-order valence-corrected chi connectivity index (χ0v) is 19.2. The Hall–Kier alpha value is -2.79. The first kappa shape index (κ1) is 22.4. The van der Waals surface area contributed by atoms with Gasteiger partial charge in [-0.3, -0.25) is 9.69 Å². The number of para-hydroxylation sites is 1. The molecule has 0 bridgehead atoms. The molecule has 1 aliphatic rings. The molecular weight excluding hydrogens is 450 g/mol. The van der Waals surface area contributed by atoms with E-state index in [0.29, 0.717) is 32.4 Å². The molecule has 0 spiro atoms. The summed E-state index contributed by atoms with van der Waals surface area (Å²) in [6.45, 7) is 6.93. The lowest BCUT2D eigenvalue weighted by atomic mass is 10.2. The third-order valence-electron chi connectivity index (χ3n) is 4.94. The van der Waals surface area contributed by atoms with Crippen LogP contribution in [0.1, 0.15) is 15.2 Å². The highest BCUT2D eigenvalue weighted by Crippen LogP contribution is 2.28. The average molecular weight is 474 g/mol. The molecule has 3 aromatic rings. The van der Waals surface area contributed by atoms with Crippen LogP contribution in [0.5, 0.6) is 0 Å². The van der Waals surface area contributed by atoms with Gasteiger partial charge in [0.25, 0.3) is 5.91 Å². The Kier molecular flexibility index (Phi) is 7.48. The number of ether oxygens (including phenoxy) is 1. The molecule has 1 saturated heterocycles. The number of carbonyl (C=O) groups excluding carboxylic acids is 1. The van der Waals surface area contributed by atoms with Gasteiger partial charge in [0.2, 0.25) is 0 Å². The van der Waals surface area contributed by atoms with Gasteiger partial charge in [0, 0.05) is 38.6 Å². The van der Waals surface area contributed by atoms with Crippen molar-refractivity contribution in [2.24, 2.45) is 0 Å². The first-order valence-corrected chi connectivity index (χ1v) is 11.4. The number of anilines is 4. The molecule has 0 atom stereocenters. The smallest absolute Gasteiger partial charge is 0.267 e. The number of carbonyl (C=O) groups is 1. The normalized spacial score (nSPS) is 14.2. The highest BCUT2D eigenvalue weighted by Gasteiger charge is 2.15. The molecule has 1 aromatic carbocycles. The predicted octanol–water partition coefficient (Wildman–Crippen LogP) is 3.63. The number of nitrogens with one attached hydrogen (secondary N) is 3. The number of aromatic nitrogens is 3. The summed E-state index contributed by atoms with van der Waals surface area (Å²) in [4.78, 5) is 28.5. The number of morpholine rings is 1. The number of hydrogen-bond donors (Lipinski definition) is 3. The third kappa shape index (κ3) is 5.71. The molecule has 11 heteroatoms. The molecule has 0 radical (unpaired) electrons. The van der Waals surface area contributed by atoms with Crippen LogP contribution in [0.3, 0.4) is 0 Å². The van der Waals surface area contributed by atoms with Gasteiger partial charge in [-0.05, 0) is 18.6 Å². The Bertz CT molecular complexity index is 1050. The van der Waals surface area contributed by atoms with Gasteiger partial charge in [-0.15, -0.1) is 0 Å². The van der Waals surface area contributed by atoms with Crippen LogP contribution >= 0.6 is 22.9 Å². The number of hydrogen-bond acceptors (Lipinski definition) is 9. The second kappa shape index (κ2) is 10.7. The van der Waals surface area contributed by atoms with Gasteiger partial charge in [-0.25, -0.2) is 15.0 Å². The lowest BCUT2D eigenvalue weighted by Crippen LogP contribution is -2.39. The summed E-state index contributed by atoms with van der Waals surface area (Å²) in [6.07, 6.45) is 4.77. The summed E-state index contributed by atoms with van der Waals surface area (Å²) >= 11 is 7.44. The van der Waals surface area contributed by atoms with Gasteiger partial charge >= 0.3 is 0 Å². The van der Waals surface area contributed by atoms with Gasteiger partial charge < -0.3 is 20.7 Å². The van der Waals surface area contributed by atoms with E-state index in [9.17, 15) is 4.79 Å². The summed E-state index contributed by atoms with van der Waals surface area (Å²) in [6, 6.07) is 5.48. The zero-order valence-electron chi connectivity index (χ0n) is 17.6. The van der Waals surface area contributed by atoms with Crippen molar-refractivity contribution in [3.05, 3.63) is 52.3 Å². The molecule has 1 amide bonds. The molecule has 4 rings (SSSR count). The van der Waals surface area contributed by atoms with E-state index < -0.39 is 0 Å². The molecule has 1 aliphatic heterocycles. The van der Waals surface area contributed by atoms with E-state index in [1.165, 1.54) is 17.5 Å². The van der Waals surface area contributed by atoms with Crippen molar-refractivity contribution in [3.8, 4) is 0 Å². The third-order valence-corrected chi connectivity index (χ3v) is 6.16. The Morgan fingerprint density at radius 3 is 2.75 bits per heavy atom. The maximum atomic E-state index is 12.7. The van der Waals surface area contributed by atoms with Gasteiger partial charge in [0.15, 0.2) is 16.8 Å². The van der Waals surface area contributed by atoms with Gasteiger partial charge in [-0.2, -0.15) is 0 Å². The topological polar surface area (TPSA) is 104 Å². The fourth-order valence-electron chi connectivity index (χ4n) is 3.22. The Morgan fingerprint density at radius 2 is 1.97 bits per heavy atom. The molecule has 0 saturated carbocycles. The molecule has 0 unspecified atom stereocenters. The molecule has 1 fully saturated rings. The maximum absolute atomic E-state index is 12.7. The van der Waals surface area contributed by atoms with E-state index >= 15 is 0 Å². The Labute approximate surface area is 195 Å². The van der Waals surface area contributed by atoms with E-state index in [1.54, 1.807) is 18.5 Å². The van der Waals surface area contributed by atoms with E-state index in [1.807, 2.05) is 19.1 Å². The Morgan fingerprint density at radius 1 is 1.19 bits per heavy atom. The van der Waals surface area contributed by atoms with Crippen molar-refractivity contribution >= 4 is 51.3 Å². The molecular formula is C21H24ClN7O2S. The summed E-state index contributed by atoms with van der Waals surface area (Å²) in [5.74, 6) is 0.918. The lowest BCUT2D eigenvalue weighted by molar-refractivity contribution is 0.0398. The fraction of sp³-hybridized carbons (Fsp3) is 0.333. The molecule has 3 heterocycles. The molecule has 168 valence electrons. The maximum Gasteiger partial charge on any atom is 0.267 e. The number of aryl methyl sites for hydroxylation is 1. The first-order chi connectivity index (χ1) is 15.6. The molecule has 3 N–H and O–H groups in total. The number of amides is 1. The first-order valence-electron chi connectivity index (χ1n) is 10.2. The number of nitrogens with zero attached hydrogens (tertiary/aromatic N) is 4. The van der Waals surface area contributed by atoms with Gasteiger partial charge in [0.05, 0.1) is 30.1 Å². The fourth-order valence-corrected chi connectivity index (χ4v) is 4.20. The van der Waals surface area contributed by atoms with Crippen LogP contribution in [0.25, 0.3) is 0 Å². The van der Waals surface area contributed by atoms with Crippen LogP contribution in [0.15, 0.2) is 36.8 Å². The van der Waals surface area contributed by atoms with Gasteiger partial charge in [-0.1, -0.05) is 35.1 Å². The van der Waals surface area contributed by atoms with Crippen molar-refractivity contribution in [2.75, 3.05) is 55.3 Å². The van der Waals surface area contributed by atoms with Crippen LogP contribution in [-0.4, -0.2) is 65.2 Å². The van der Waals surface area contributed by atoms with Crippen LogP contribution in [0.2, 0.25) is 5.02 Å². The molecule has 9 nitrogen and oxygen atoms in total. The summed E-state index contributed by atoms with van der Waals surface area (Å²) in [5, 5.41) is 10.4. The lowest BCUT2D eigenvalue weighted by Gasteiger charge is -2.26. The number of rotatable bonds is 8. The zero-order chi connectivity index (χ0) is 22.3. The number of thiazole rings is 1. The Balaban J connectivity index is 1.37. The minimum Gasteiger partial charge on any atom is -0.379 e. The monoisotopic (exact) mass is 473 g/mol. The summed E-state index contributed by atoms with van der Waals surface area (Å²) in [7, 11) is 0. The minimum atomic E-state index is -0.269. The van der Waals surface area contributed by atoms with E-state index in [4.69, 9.17) is 16.3 Å².